The lowest BCUT2D eigenvalue weighted by atomic mass is 10.0. The number of nitrogens with zero attached hydrogens (tertiary/aromatic N) is 1. The number of terminal acetylenes is 1. The molecule has 1 aromatic carbocycles. The van der Waals surface area contributed by atoms with Crippen LogP contribution in [0.1, 0.15) is 55.4 Å². The molecule has 0 fully saturated rings. The molecule has 4 N–H and O–H groups in total. The number of benzene rings is 1. The lowest BCUT2D eigenvalue weighted by Gasteiger charge is -2.20. The van der Waals surface area contributed by atoms with E-state index in [0.717, 1.165) is 5.56 Å². The lowest BCUT2D eigenvalue weighted by molar-refractivity contribution is -0.151. The van der Waals surface area contributed by atoms with E-state index in [9.17, 15) is 23.6 Å². The predicted molar refractivity (Wildman–Crippen MR) is 144 cm³/mol. The molecule has 2 aromatic rings. The summed E-state index contributed by atoms with van der Waals surface area (Å²) in [6.45, 7) is 8.28. The van der Waals surface area contributed by atoms with Gasteiger partial charge in [-0.2, -0.15) is 0 Å². The quantitative estimate of drug-likeness (QED) is 0.223. The van der Waals surface area contributed by atoms with E-state index in [4.69, 9.17) is 15.0 Å². The molecule has 3 amide bonds. The maximum absolute atomic E-state index is 12.4. The Kier molecular flexibility index (Phi) is 16.6. The van der Waals surface area contributed by atoms with Crippen LogP contribution in [0.15, 0.2) is 47.0 Å². The Labute approximate surface area is 228 Å². The van der Waals surface area contributed by atoms with Crippen molar-refractivity contribution in [1.82, 2.24) is 15.8 Å². The van der Waals surface area contributed by atoms with Crippen LogP contribution in [0, 0.1) is 38.4 Å². The van der Waals surface area contributed by atoms with Crippen LogP contribution in [0.4, 0.5) is 4.39 Å². The number of hydrogen-bond acceptors (Lipinski definition) is 7. The van der Waals surface area contributed by atoms with E-state index in [-0.39, 0.29) is 23.8 Å². The van der Waals surface area contributed by atoms with Gasteiger partial charge in [-0.25, -0.2) is 9.18 Å². The van der Waals surface area contributed by atoms with Gasteiger partial charge in [0, 0.05) is 18.5 Å². The fourth-order valence-electron chi connectivity index (χ4n) is 2.94. The minimum atomic E-state index is -0.964. The molecule has 0 saturated heterocycles. The minimum Gasteiger partial charge on any atom is -0.454 e. The SMILES string of the molecule is C#C.C/C=C/C(CCC(N)=O)NC(=O)COC(=O)C(NC(=O)c1cc(C)on1)C(C)C.Cc1ccc(F)cc1. The van der Waals surface area contributed by atoms with Crippen LogP contribution in [-0.2, 0) is 19.1 Å². The van der Waals surface area contributed by atoms with Crippen molar-refractivity contribution in [2.45, 2.75) is 59.5 Å². The van der Waals surface area contributed by atoms with Crippen LogP contribution < -0.4 is 16.4 Å². The number of nitrogens with two attached hydrogens (primary N) is 1. The third kappa shape index (κ3) is 14.8. The molecule has 1 aromatic heterocycles. The van der Waals surface area contributed by atoms with Gasteiger partial charge in [0.05, 0.1) is 0 Å². The van der Waals surface area contributed by atoms with Gasteiger partial charge in [-0.3, -0.25) is 14.4 Å². The van der Waals surface area contributed by atoms with E-state index >= 15 is 0 Å². The van der Waals surface area contributed by atoms with Crippen molar-refractivity contribution in [3.8, 4) is 12.8 Å². The van der Waals surface area contributed by atoms with E-state index in [0.29, 0.717) is 12.2 Å². The van der Waals surface area contributed by atoms with E-state index in [1.165, 1.54) is 18.2 Å². The van der Waals surface area contributed by atoms with Crippen molar-refractivity contribution in [3.63, 3.8) is 0 Å². The van der Waals surface area contributed by atoms with Gasteiger partial charge in [-0.05, 0) is 45.2 Å². The maximum Gasteiger partial charge on any atom is 0.329 e. The summed E-state index contributed by atoms with van der Waals surface area (Å²) < 4.78 is 22.0. The van der Waals surface area contributed by atoms with Crippen LogP contribution in [0.3, 0.4) is 0 Å². The largest absolute Gasteiger partial charge is 0.454 e. The lowest BCUT2D eigenvalue weighted by Crippen LogP contribution is -2.46. The third-order valence-corrected chi connectivity index (χ3v) is 4.90. The van der Waals surface area contributed by atoms with Gasteiger partial charge >= 0.3 is 5.97 Å². The van der Waals surface area contributed by atoms with Crippen molar-refractivity contribution < 1.29 is 32.8 Å². The van der Waals surface area contributed by atoms with Crippen molar-refractivity contribution >= 4 is 23.7 Å². The molecule has 0 aliphatic carbocycles. The Morgan fingerprint density at radius 3 is 2.21 bits per heavy atom. The number of aromatic nitrogens is 1. The molecule has 0 saturated carbocycles. The first-order valence-corrected chi connectivity index (χ1v) is 12.1. The molecule has 0 aliphatic heterocycles. The molecule has 2 atom stereocenters. The zero-order chi connectivity index (χ0) is 30.0. The second-order valence-corrected chi connectivity index (χ2v) is 8.63. The molecule has 0 bridgehead atoms. The number of rotatable bonds is 11. The molecular weight excluding hydrogens is 507 g/mol. The van der Waals surface area contributed by atoms with Crippen LogP contribution in [-0.4, -0.2) is 47.5 Å². The molecule has 0 spiro atoms. The molecule has 0 aliphatic rings. The van der Waals surface area contributed by atoms with Gasteiger partial charge in [0.2, 0.25) is 5.91 Å². The van der Waals surface area contributed by atoms with Crippen LogP contribution in [0.5, 0.6) is 0 Å². The first-order valence-electron chi connectivity index (χ1n) is 12.1. The maximum atomic E-state index is 12.4. The second kappa shape index (κ2) is 18.7. The molecule has 1 heterocycles. The van der Waals surface area contributed by atoms with Gasteiger partial charge in [0.15, 0.2) is 12.3 Å². The summed E-state index contributed by atoms with van der Waals surface area (Å²) in [6.07, 6.45) is 11.9. The first-order chi connectivity index (χ1) is 18.4. The van der Waals surface area contributed by atoms with Gasteiger partial charge in [-0.1, -0.05) is 48.9 Å². The molecule has 10 nitrogen and oxygen atoms in total. The van der Waals surface area contributed by atoms with E-state index in [1.54, 1.807) is 52.0 Å². The molecular formula is C28H37FN4O6. The monoisotopic (exact) mass is 544 g/mol. The van der Waals surface area contributed by atoms with Crippen LogP contribution in [0.2, 0.25) is 0 Å². The van der Waals surface area contributed by atoms with E-state index in [1.807, 2.05) is 6.92 Å². The van der Waals surface area contributed by atoms with Gasteiger partial charge < -0.3 is 25.6 Å². The van der Waals surface area contributed by atoms with Crippen molar-refractivity contribution in [2.75, 3.05) is 6.61 Å². The van der Waals surface area contributed by atoms with Crippen molar-refractivity contribution in [3.05, 3.63) is 65.3 Å². The number of ether oxygens (including phenoxy) is 1. The average molecular weight is 545 g/mol. The summed E-state index contributed by atoms with van der Waals surface area (Å²) in [4.78, 5) is 47.5. The topological polar surface area (TPSA) is 154 Å². The number of allylic oxidation sites excluding steroid dienone is 1. The summed E-state index contributed by atoms with van der Waals surface area (Å²) >= 11 is 0. The Morgan fingerprint density at radius 2 is 1.74 bits per heavy atom. The van der Waals surface area contributed by atoms with Crippen LogP contribution >= 0.6 is 0 Å². The Morgan fingerprint density at radius 1 is 1.13 bits per heavy atom. The predicted octanol–water partition coefficient (Wildman–Crippen LogP) is 2.99. The summed E-state index contributed by atoms with van der Waals surface area (Å²) in [5.41, 5.74) is 6.25. The standard InChI is InChI=1S/C19H28N4O6.C7H7F.C2H2/c1-5-6-13(7-8-15(20)24)21-16(25)10-28-19(27)17(11(2)3)22-18(26)14-9-12(4)29-23-14;1-6-2-4-7(8)5-3-6;1-2/h5-6,9,11,13,17H,7-8,10H2,1-4H3,(H2,20,24)(H,21,25)(H,22,26);2-5H,1H3;1-2H/b6-5+;;. The highest BCUT2D eigenvalue weighted by Crippen LogP contribution is 2.08. The number of amides is 3. The third-order valence-electron chi connectivity index (χ3n) is 4.90. The van der Waals surface area contributed by atoms with Gasteiger partial charge in [0.1, 0.15) is 17.6 Å². The number of primary amides is 1. The summed E-state index contributed by atoms with van der Waals surface area (Å²) in [5, 5.41) is 8.78. The minimum absolute atomic E-state index is 0.0438. The Balaban J connectivity index is 0.00000121. The van der Waals surface area contributed by atoms with Gasteiger partial charge in [0.25, 0.3) is 11.8 Å². The summed E-state index contributed by atoms with van der Waals surface area (Å²) in [6, 6.07) is 6.47. The highest BCUT2D eigenvalue weighted by atomic mass is 19.1. The molecule has 212 valence electrons. The number of carbonyl (C=O) groups excluding carboxylic acids is 4. The summed E-state index contributed by atoms with van der Waals surface area (Å²) in [7, 11) is 0. The zero-order valence-electron chi connectivity index (χ0n) is 22.9. The van der Waals surface area contributed by atoms with Crippen molar-refractivity contribution in [2.24, 2.45) is 11.7 Å². The first kappa shape index (κ1) is 34.5. The van der Waals surface area contributed by atoms with E-state index in [2.05, 4.69) is 28.6 Å². The Bertz CT molecular complexity index is 1090. The highest BCUT2D eigenvalue weighted by Gasteiger charge is 2.28. The number of aryl methyl sites for hydroxylation is 2. The molecule has 0 radical (unpaired) electrons. The number of nitrogens with one attached hydrogen (secondary N) is 2. The number of carbonyl (C=O) groups is 4. The number of halogens is 1. The zero-order valence-corrected chi connectivity index (χ0v) is 22.9. The smallest absolute Gasteiger partial charge is 0.329 e. The molecule has 2 rings (SSSR count). The fourth-order valence-corrected chi connectivity index (χ4v) is 2.94. The number of esters is 1. The fraction of sp³-hybridized carbons (Fsp3) is 0.393. The van der Waals surface area contributed by atoms with Crippen LogP contribution in [0.25, 0.3) is 0 Å². The second-order valence-electron chi connectivity index (χ2n) is 8.63. The molecule has 11 heteroatoms. The van der Waals surface area contributed by atoms with E-state index < -0.39 is 42.4 Å². The molecule has 39 heavy (non-hydrogen) atoms. The Hall–Kier alpha value is -4.46. The normalized spacial score (nSPS) is 11.7. The molecule has 2 unspecified atom stereocenters. The van der Waals surface area contributed by atoms with Crippen molar-refractivity contribution in [1.29, 1.82) is 0 Å². The van der Waals surface area contributed by atoms with Gasteiger partial charge in [-0.15, -0.1) is 12.8 Å². The highest BCUT2D eigenvalue weighted by molar-refractivity contribution is 5.95. The summed E-state index contributed by atoms with van der Waals surface area (Å²) in [5.74, 6) is -2.33. The number of hydrogen-bond donors (Lipinski definition) is 3. The average Bonchev–Trinajstić information content (AvgIpc) is 3.34.